The van der Waals surface area contributed by atoms with E-state index in [1.807, 2.05) is 57.9 Å². The van der Waals surface area contributed by atoms with Crippen LogP contribution in [0.3, 0.4) is 0 Å². The molecule has 3 rings (SSSR count). The Morgan fingerprint density at radius 1 is 1.19 bits per heavy atom. The first-order valence-corrected chi connectivity index (χ1v) is 7.13. The van der Waals surface area contributed by atoms with Crippen molar-refractivity contribution < 1.29 is 9.31 Å². The minimum Gasteiger partial charge on any atom is -0.399 e. The maximum absolute atomic E-state index is 6.02. The Hall–Kier alpha value is -1.60. The Morgan fingerprint density at radius 2 is 1.86 bits per heavy atom. The van der Waals surface area contributed by atoms with E-state index >= 15 is 0 Å². The Kier molecular flexibility index (Phi) is 3.22. The van der Waals surface area contributed by atoms with Gasteiger partial charge in [-0.2, -0.15) is 10.2 Å². The summed E-state index contributed by atoms with van der Waals surface area (Å²) >= 11 is 0. The monoisotopic (exact) mass is 288 g/mol. The minimum atomic E-state index is -0.368. The molecule has 1 aliphatic rings. The number of nitrogens with zero attached hydrogens (tertiary/aromatic N) is 4. The van der Waals surface area contributed by atoms with E-state index in [4.69, 9.17) is 9.31 Å². The summed E-state index contributed by atoms with van der Waals surface area (Å²) in [5.74, 6) is 0. The van der Waals surface area contributed by atoms with Crippen molar-refractivity contribution in [2.45, 2.75) is 45.4 Å². The van der Waals surface area contributed by atoms with Crippen LogP contribution in [0.4, 0.5) is 0 Å². The largest absolute Gasteiger partial charge is 0.498 e. The first-order valence-electron chi connectivity index (χ1n) is 7.13. The number of rotatable bonds is 3. The summed E-state index contributed by atoms with van der Waals surface area (Å²) in [6.45, 7) is 8.83. The lowest BCUT2D eigenvalue weighted by Gasteiger charge is -2.32. The van der Waals surface area contributed by atoms with Crippen molar-refractivity contribution in [1.29, 1.82) is 0 Å². The van der Waals surface area contributed by atoms with Gasteiger partial charge >= 0.3 is 7.12 Å². The van der Waals surface area contributed by atoms with E-state index in [1.54, 1.807) is 10.9 Å². The van der Waals surface area contributed by atoms with Gasteiger partial charge in [0, 0.05) is 31.1 Å². The van der Waals surface area contributed by atoms with Crippen LogP contribution >= 0.6 is 0 Å². The molecule has 0 bridgehead atoms. The van der Waals surface area contributed by atoms with Crippen molar-refractivity contribution in [3.05, 3.63) is 30.4 Å². The molecule has 0 amide bonds. The van der Waals surface area contributed by atoms with Gasteiger partial charge in [0.25, 0.3) is 0 Å². The highest BCUT2D eigenvalue weighted by Crippen LogP contribution is 2.36. The maximum atomic E-state index is 6.02. The van der Waals surface area contributed by atoms with Gasteiger partial charge in [-0.15, -0.1) is 0 Å². The first-order chi connectivity index (χ1) is 9.77. The zero-order chi connectivity index (χ0) is 15.3. The van der Waals surface area contributed by atoms with Gasteiger partial charge in [0.05, 0.1) is 23.4 Å². The number of aryl methyl sites for hydroxylation is 1. The van der Waals surface area contributed by atoms with Crippen LogP contribution in [0, 0.1) is 0 Å². The highest BCUT2D eigenvalue weighted by Gasteiger charge is 2.52. The van der Waals surface area contributed by atoms with Crippen LogP contribution in [0.25, 0.3) is 0 Å². The van der Waals surface area contributed by atoms with Gasteiger partial charge in [0.1, 0.15) is 0 Å². The van der Waals surface area contributed by atoms with Crippen LogP contribution in [0.1, 0.15) is 33.4 Å². The Bertz CT molecular complexity index is 631. The lowest BCUT2D eigenvalue weighted by Crippen LogP contribution is -2.41. The van der Waals surface area contributed by atoms with Gasteiger partial charge < -0.3 is 9.31 Å². The molecule has 0 atom stereocenters. The first kappa shape index (κ1) is 14.3. The summed E-state index contributed by atoms with van der Waals surface area (Å²) in [5, 5.41) is 8.72. The molecule has 0 N–H and O–H groups in total. The van der Waals surface area contributed by atoms with E-state index in [-0.39, 0.29) is 18.3 Å². The third kappa shape index (κ3) is 2.63. The molecule has 3 heterocycles. The maximum Gasteiger partial charge on any atom is 0.498 e. The summed E-state index contributed by atoms with van der Waals surface area (Å²) < 4.78 is 15.7. The van der Waals surface area contributed by atoms with Gasteiger partial charge in [0.15, 0.2) is 0 Å². The number of aromatic nitrogens is 4. The lowest BCUT2D eigenvalue weighted by atomic mass is 9.82. The summed E-state index contributed by atoms with van der Waals surface area (Å²) in [7, 11) is 1.54. The number of hydrogen-bond acceptors (Lipinski definition) is 4. The summed E-state index contributed by atoms with van der Waals surface area (Å²) in [6, 6.07) is 1.98. The fourth-order valence-electron chi connectivity index (χ4n) is 2.28. The second kappa shape index (κ2) is 4.71. The quantitative estimate of drug-likeness (QED) is 0.790. The molecular formula is C14H21BN4O2. The van der Waals surface area contributed by atoms with E-state index < -0.39 is 0 Å². The molecule has 0 saturated carbocycles. The van der Waals surface area contributed by atoms with Crippen LogP contribution in [-0.2, 0) is 22.9 Å². The molecule has 7 heteroatoms. The van der Waals surface area contributed by atoms with Gasteiger partial charge in [-0.25, -0.2) is 0 Å². The summed E-state index contributed by atoms with van der Waals surface area (Å²) in [5.41, 5.74) is 1.24. The van der Waals surface area contributed by atoms with Crippen LogP contribution in [0.2, 0.25) is 0 Å². The molecule has 6 nitrogen and oxygen atoms in total. The van der Waals surface area contributed by atoms with Crippen LogP contribution < -0.4 is 5.46 Å². The zero-order valence-electron chi connectivity index (χ0n) is 13.2. The van der Waals surface area contributed by atoms with Crippen molar-refractivity contribution >= 4 is 12.6 Å². The molecule has 1 saturated heterocycles. The van der Waals surface area contributed by atoms with Gasteiger partial charge in [-0.1, -0.05) is 0 Å². The Balaban J connectivity index is 1.74. The highest BCUT2D eigenvalue weighted by molar-refractivity contribution is 6.61. The Labute approximate surface area is 125 Å². The standard InChI is InChI=1S/C14H21BN4O2/c1-13(2)14(3,4)21-15(20-13)11-8-16-19(9-11)10-12-6-7-18(5)17-12/h6-9H,10H2,1-5H3. The van der Waals surface area contributed by atoms with Crippen LogP contribution in [-0.4, -0.2) is 37.9 Å². The van der Waals surface area contributed by atoms with Crippen LogP contribution in [0.5, 0.6) is 0 Å². The average Bonchev–Trinajstić information content (AvgIpc) is 3.01. The fourth-order valence-corrected chi connectivity index (χ4v) is 2.28. The van der Waals surface area contributed by atoms with Crippen molar-refractivity contribution in [3.63, 3.8) is 0 Å². The third-order valence-corrected chi connectivity index (χ3v) is 4.27. The van der Waals surface area contributed by atoms with E-state index in [2.05, 4.69) is 10.2 Å². The topological polar surface area (TPSA) is 54.1 Å². The average molecular weight is 288 g/mol. The van der Waals surface area contributed by atoms with Gasteiger partial charge in [0.2, 0.25) is 0 Å². The van der Waals surface area contributed by atoms with Crippen molar-refractivity contribution in [2.75, 3.05) is 0 Å². The second-order valence-electron chi connectivity index (χ2n) is 6.54. The normalized spacial score (nSPS) is 20.1. The molecular weight excluding hydrogens is 267 g/mol. The number of hydrogen-bond donors (Lipinski definition) is 0. The third-order valence-electron chi connectivity index (χ3n) is 4.27. The summed E-state index contributed by atoms with van der Waals surface area (Å²) in [6.07, 6.45) is 5.68. The second-order valence-corrected chi connectivity index (χ2v) is 6.54. The SMILES string of the molecule is Cn1ccc(Cn2cc(B3OC(C)(C)C(C)(C)O3)cn2)n1. The smallest absolute Gasteiger partial charge is 0.399 e. The molecule has 0 radical (unpaired) electrons. The van der Waals surface area contributed by atoms with Crippen molar-refractivity contribution in [1.82, 2.24) is 19.6 Å². The molecule has 21 heavy (non-hydrogen) atoms. The molecule has 2 aromatic heterocycles. The lowest BCUT2D eigenvalue weighted by molar-refractivity contribution is 0.00578. The molecule has 2 aromatic rings. The fraction of sp³-hybridized carbons (Fsp3) is 0.571. The van der Waals surface area contributed by atoms with Crippen molar-refractivity contribution in [3.8, 4) is 0 Å². The van der Waals surface area contributed by atoms with Crippen LogP contribution in [0.15, 0.2) is 24.7 Å². The highest BCUT2D eigenvalue weighted by atomic mass is 16.7. The van der Waals surface area contributed by atoms with E-state index in [1.165, 1.54) is 0 Å². The molecule has 1 aliphatic heterocycles. The van der Waals surface area contributed by atoms with Gasteiger partial charge in [-0.05, 0) is 33.8 Å². The summed E-state index contributed by atoms with van der Waals surface area (Å²) in [4.78, 5) is 0. The van der Waals surface area contributed by atoms with Gasteiger partial charge in [-0.3, -0.25) is 9.36 Å². The van der Waals surface area contributed by atoms with Crippen molar-refractivity contribution in [2.24, 2.45) is 7.05 Å². The zero-order valence-corrected chi connectivity index (χ0v) is 13.2. The predicted octanol–water partition coefficient (Wildman–Crippen LogP) is 0.964. The molecule has 112 valence electrons. The predicted molar refractivity (Wildman–Crippen MR) is 80.3 cm³/mol. The Morgan fingerprint density at radius 3 is 2.43 bits per heavy atom. The minimum absolute atomic E-state index is 0.333. The molecule has 0 unspecified atom stereocenters. The van der Waals surface area contributed by atoms with E-state index in [0.717, 1.165) is 11.2 Å². The van der Waals surface area contributed by atoms with E-state index in [0.29, 0.717) is 6.54 Å². The molecule has 1 fully saturated rings. The molecule has 0 aromatic carbocycles. The molecule has 0 spiro atoms. The van der Waals surface area contributed by atoms with E-state index in [9.17, 15) is 0 Å². The molecule has 0 aliphatic carbocycles.